The van der Waals surface area contributed by atoms with Crippen LogP contribution in [0.15, 0.2) is 35.3 Å². The summed E-state index contributed by atoms with van der Waals surface area (Å²) in [5, 5.41) is 8.60. The summed E-state index contributed by atoms with van der Waals surface area (Å²) in [6, 6.07) is 5.02. The largest absolute Gasteiger partial charge is 0.481 e. The van der Waals surface area contributed by atoms with E-state index >= 15 is 0 Å². The van der Waals surface area contributed by atoms with Crippen molar-refractivity contribution in [1.82, 2.24) is 0 Å². The summed E-state index contributed by atoms with van der Waals surface area (Å²) in [5.74, 6) is -1.59. The summed E-state index contributed by atoms with van der Waals surface area (Å²) < 4.78 is 32.3. The van der Waals surface area contributed by atoms with Crippen molar-refractivity contribution in [3.05, 3.63) is 57.3 Å². The summed E-state index contributed by atoms with van der Waals surface area (Å²) in [7, 11) is 1.36. The number of thiophene rings is 1. The van der Waals surface area contributed by atoms with Crippen molar-refractivity contribution in [1.29, 1.82) is 0 Å². The maximum atomic E-state index is 13.7. The predicted molar refractivity (Wildman–Crippen MR) is 78.6 cm³/mol. The Morgan fingerprint density at radius 1 is 1.32 bits per heavy atom. The first-order valence-corrected chi connectivity index (χ1v) is 6.98. The molecule has 1 aliphatic rings. The molecule has 2 heterocycles. The van der Waals surface area contributed by atoms with Crippen molar-refractivity contribution in [3.8, 4) is 0 Å². The summed E-state index contributed by atoms with van der Waals surface area (Å²) in [5.41, 5.74) is 1.24. The number of aliphatic imine (C=N–C) groups is 1. The second kappa shape index (κ2) is 5.34. The van der Waals surface area contributed by atoms with Gasteiger partial charge in [-0.1, -0.05) is 0 Å². The van der Waals surface area contributed by atoms with E-state index in [0.29, 0.717) is 16.0 Å². The molecule has 1 N–H and O–H groups in total. The highest BCUT2D eigenvalue weighted by atomic mass is 32.1. The molecule has 0 aliphatic carbocycles. The van der Waals surface area contributed by atoms with Crippen LogP contribution in [0.5, 0.6) is 0 Å². The van der Waals surface area contributed by atoms with E-state index in [1.54, 1.807) is 0 Å². The number of nitrogens with zero attached hydrogens (tertiary/aromatic N) is 1. The molecule has 0 radical (unpaired) electrons. The van der Waals surface area contributed by atoms with Crippen molar-refractivity contribution in [2.45, 2.75) is 0 Å². The van der Waals surface area contributed by atoms with E-state index in [1.165, 1.54) is 31.4 Å². The normalized spacial score (nSPS) is 14.9. The summed E-state index contributed by atoms with van der Waals surface area (Å²) in [6.45, 7) is 0. The molecule has 4 nitrogen and oxygen atoms in total. The van der Waals surface area contributed by atoms with E-state index in [0.717, 1.165) is 17.4 Å². The Hall–Kier alpha value is -2.54. The highest BCUT2D eigenvalue weighted by Gasteiger charge is 2.25. The Kier molecular flexibility index (Phi) is 3.50. The minimum absolute atomic E-state index is 0.107. The van der Waals surface area contributed by atoms with Gasteiger partial charge >= 0.3 is 5.97 Å². The number of methoxy groups -OCH3 is 1. The zero-order valence-electron chi connectivity index (χ0n) is 11.3. The molecule has 0 spiro atoms. The number of halogens is 2. The summed E-state index contributed by atoms with van der Waals surface area (Å²) in [4.78, 5) is 15.7. The fourth-order valence-corrected chi connectivity index (χ4v) is 3.17. The smallest absolute Gasteiger partial charge is 0.328 e. The van der Waals surface area contributed by atoms with E-state index in [1.807, 2.05) is 0 Å². The Morgan fingerprint density at radius 3 is 2.77 bits per heavy atom. The predicted octanol–water partition coefficient (Wildman–Crippen LogP) is 3.58. The first-order chi connectivity index (χ1) is 10.5. The molecule has 2 aromatic rings. The van der Waals surface area contributed by atoms with Gasteiger partial charge in [-0.3, -0.25) is 0 Å². The molecule has 0 saturated carbocycles. The van der Waals surface area contributed by atoms with Crippen LogP contribution in [-0.2, 0) is 9.53 Å². The zero-order valence-corrected chi connectivity index (χ0v) is 12.1. The highest BCUT2D eigenvalue weighted by Crippen LogP contribution is 2.40. The number of aliphatic carboxylic acids is 1. The second-order valence-electron chi connectivity index (χ2n) is 4.47. The number of fused-ring (bicyclic) bond motifs is 2. The standard InChI is InChI=1S/C15H9F2NO3S/c1-21-15-10-5-12(17)22-14(10)9(6-13(19)20)8-3-2-7(16)4-11(8)18-15/h2-6H,1H3,(H,19,20)/b9-6+. The number of carboxylic acids is 1. The molecule has 7 heteroatoms. The number of hydrogen-bond donors (Lipinski definition) is 1. The first-order valence-electron chi connectivity index (χ1n) is 6.17. The molecule has 0 fully saturated rings. The van der Waals surface area contributed by atoms with Crippen LogP contribution in [-0.4, -0.2) is 24.1 Å². The third-order valence-electron chi connectivity index (χ3n) is 3.11. The van der Waals surface area contributed by atoms with E-state index in [2.05, 4.69) is 4.99 Å². The molecule has 1 aromatic carbocycles. The molecule has 22 heavy (non-hydrogen) atoms. The second-order valence-corrected chi connectivity index (χ2v) is 5.47. The Labute approximate surface area is 128 Å². The van der Waals surface area contributed by atoms with Gasteiger partial charge in [-0.05, 0) is 18.2 Å². The lowest BCUT2D eigenvalue weighted by atomic mass is 10.0. The van der Waals surface area contributed by atoms with Crippen molar-refractivity contribution in [3.63, 3.8) is 0 Å². The summed E-state index contributed by atoms with van der Waals surface area (Å²) >= 11 is 0.788. The minimum atomic E-state index is -1.19. The number of rotatable bonds is 1. The lowest BCUT2D eigenvalue weighted by Crippen LogP contribution is -2.03. The number of benzene rings is 1. The van der Waals surface area contributed by atoms with Crippen LogP contribution in [0.4, 0.5) is 14.5 Å². The molecule has 0 bridgehead atoms. The van der Waals surface area contributed by atoms with Gasteiger partial charge in [0.15, 0.2) is 5.13 Å². The van der Waals surface area contributed by atoms with Gasteiger partial charge in [-0.2, -0.15) is 4.39 Å². The third kappa shape index (κ3) is 2.39. The maximum Gasteiger partial charge on any atom is 0.328 e. The van der Waals surface area contributed by atoms with Crippen LogP contribution in [0.3, 0.4) is 0 Å². The van der Waals surface area contributed by atoms with E-state index in [-0.39, 0.29) is 17.2 Å². The van der Waals surface area contributed by atoms with Gasteiger partial charge in [0.2, 0.25) is 5.90 Å². The Balaban J connectivity index is 2.38. The van der Waals surface area contributed by atoms with Crippen molar-refractivity contribution < 1.29 is 23.4 Å². The van der Waals surface area contributed by atoms with Crippen LogP contribution < -0.4 is 0 Å². The fraction of sp³-hybridized carbons (Fsp3) is 0.0667. The van der Waals surface area contributed by atoms with E-state index < -0.39 is 16.9 Å². The molecule has 0 saturated heterocycles. The van der Waals surface area contributed by atoms with Crippen LogP contribution in [0.1, 0.15) is 16.0 Å². The van der Waals surface area contributed by atoms with Gasteiger partial charge in [0.25, 0.3) is 0 Å². The fourth-order valence-electron chi connectivity index (χ4n) is 2.26. The van der Waals surface area contributed by atoms with Crippen LogP contribution in [0.25, 0.3) is 5.57 Å². The van der Waals surface area contributed by atoms with Crippen molar-refractivity contribution in [2.75, 3.05) is 7.11 Å². The van der Waals surface area contributed by atoms with Crippen LogP contribution in [0, 0.1) is 10.9 Å². The number of carboxylic acid groups (broad SMARTS) is 1. The van der Waals surface area contributed by atoms with Gasteiger partial charge in [-0.25, -0.2) is 14.2 Å². The number of ether oxygens (including phenoxy) is 1. The SMILES string of the molecule is COC1=Nc2cc(F)ccc2/C(=C\C(=O)O)c2sc(F)cc21. The van der Waals surface area contributed by atoms with E-state index in [9.17, 15) is 13.6 Å². The monoisotopic (exact) mass is 321 g/mol. The van der Waals surface area contributed by atoms with Crippen molar-refractivity contribution in [2.24, 2.45) is 4.99 Å². The first kappa shape index (κ1) is 14.4. The van der Waals surface area contributed by atoms with Gasteiger partial charge in [0, 0.05) is 23.3 Å². The quantitative estimate of drug-likeness (QED) is 0.817. The molecule has 0 unspecified atom stereocenters. The minimum Gasteiger partial charge on any atom is -0.481 e. The van der Waals surface area contributed by atoms with Crippen LogP contribution >= 0.6 is 11.3 Å². The lowest BCUT2D eigenvalue weighted by molar-refractivity contribution is -0.131. The Bertz CT molecular complexity index is 839. The molecule has 1 aromatic heterocycles. The molecule has 112 valence electrons. The van der Waals surface area contributed by atoms with Gasteiger partial charge < -0.3 is 9.84 Å². The average molecular weight is 321 g/mol. The molecular formula is C15H9F2NO3S. The summed E-state index contributed by atoms with van der Waals surface area (Å²) in [6.07, 6.45) is 0.958. The topological polar surface area (TPSA) is 58.9 Å². The Morgan fingerprint density at radius 2 is 2.09 bits per heavy atom. The molecular weight excluding hydrogens is 312 g/mol. The lowest BCUT2D eigenvalue weighted by Gasteiger charge is -2.06. The maximum absolute atomic E-state index is 13.7. The third-order valence-corrected chi connectivity index (χ3v) is 4.07. The number of hydrogen-bond acceptors (Lipinski definition) is 4. The van der Waals surface area contributed by atoms with Crippen LogP contribution in [0.2, 0.25) is 0 Å². The highest BCUT2D eigenvalue weighted by molar-refractivity contribution is 7.12. The molecule has 3 rings (SSSR count). The van der Waals surface area contributed by atoms with E-state index in [4.69, 9.17) is 9.84 Å². The average Bonchev–Trinajstić information content (AvgIpc) is 2.79. The molecule has 0 amide bonds. The number of carbonyl (C=O) groups is 1. The van der Waals surface area contributed by atoms with Gasteiger partial charge in [-0.15, -0.1) is 11.3 Å². The molecule has 1 aliphatic heterocycles. The van der Waals surface area contributed by atoms with Gasteiger partial charge in [0.05, 0.1) is 23.2 Å². The van der Waals surface area contributed by atoms with Crippen molar-refractivity contribution >= 4 is 34.5 Å². The zero-order chi connectivity index (χ0) is 15.9. The molecule has 0 atom stereocenters. The van der Waals surface area contributed by atoms with Gasteiger partial charge in [0.1, 0.15) is 5.82 Å².